The van der Waals surface area contributed by atoms with Crippen LogP contribution < -0.4 is 0 Å². The SMILES string of the molecule is CCCCCCN(C)C(C)O. The van der Waals surface area contributed by atoms with Gasteiger partial charge in [0.2, 0.25) is 0 Å². The molecule has 0 aliphatic carbocycles. The lowest BCUT2D eigenvalue weighted by Crippen LogP contribution is -2.29. The fraction of sp³-hybridized carbons (Fsp3) is 1.00. The average molecular weight is 159 g/mol. The monoisotopic (exact) mass is 159 g/mol. The highest BCUT2D eigenvalue weighted by Gasteiger charge is 2.02. The van der Waals surface area contributed by atoms with Crippen molar-refractivity contribution in [1.82, 2.24) is 4.90 Å². The van der Waals surface area contributed by atoms with Crippen LogP contribution in [0.1, 0.15) is 39.5 Å². The van der Waals surface area contributed by atoms with Crippen molar-refractivity contribution in [1.29, 1.82) is 0 Å². The van der Waals surface area contributed by atoms with Gasteiger partial charge in [0.1, 0.15) is 6.23 Å². The summed E-state index contributed by atoms with van der Waals surface area (Å²) in [6.45, 7) is 5.02. The molecule has 0 fully saturated rings. The first-order valence-electron chi connectivity index (χ1n) is 4.56. The normalized spacial score (nSPS) is 13.9. The molecule has 68 valence electrons. The van der Waals surface area contributed by atoms with Crippen molar-refractivity contribution in [3.8, 4) is 0 Å². The summed E-state index contributed by atoms with van der Waals surface area (Å²) in [7, 11) is 1.95. The van der Waals surface area contributed by atoms with Crippen molar-refractivity contribution in [3.63, 3.8) is 0 Å². The van der Waals surface area contributed by atoms with Gasteiger partial charge in [0.25, 0.3) is 0 Å². The van der Waals surface area contributed by atoms with Gasteiger partial charge in [-0.3, -0.25) is 4.90 Å². The van der Waals surface area contributed by atoms with Crippen molar-refractivity contribution in [2.75, 3.05) is 13.6 Å². The summed E-state index contributed by atoms with van der Waals surface area (Å²) in [5.74, 6) is 0. The molecule has 2 nitrogen and oxygen atoms in total. The van der Waals surface area contributed by atoms with E-state index >= 15 is 0 Å². The van der Waals surface area contributed by atoms with E-state index in [1.807, 2.05) is 11.9 Å². The van der Waals surface area contributed by atoms with Gasteiger partial charge in [-0.15, -0.1) is 0 Å². The van der Waals surface area contributed by atoms with E-state index in [9.17, 15) is 0 Å². The Morgan fingerprint density at radius 3 is 2.36 bits per heavy atom. The molecule has 0 aromatic heterocycles. The Kier molecular flexibility index (Phi) is 6.57. The first-order chi connectivity index (χ1) is 5.18. The molecule has 0 heterocycles. The highest BCUT2D eigenvalue weighted by atomic mass is 16.3. The molecule has 0 amide bonds. The van der Waals surface area contributed by atoms with E-state index in [4.69, 9.17) is 5.11 Å². The molecule has 0 saturated heterocycles. The number of hydrogen-bond acceptors (Lipinski definition) is 2. The zero-order chi connectivity index (χ0) is 8.69. The van der Waals surface area contributed by atoms with Gasteiger partial charge in [-0.1, -0.05) is 26.2 Å². The van der Waals surface area contributed by atoms with E-state index in [-0.39, 0.29) is 6.23 Å². The minimum atomic E-state index is -0.295. The standard InChI is InChI=1S/C9H21NO/c1-4-5-6-7-8-10(3)9(2)11/h9,11H,4-8H2,1-3H3. The van der Waals surface area contributed by atoms with Crippen LogP contribution in [-0.2, 0) is 0 Å². The Morgan fingerprint density at radius 1 is 1.27 bits per heavy atom. The van der Waals surface area contributed by atoms with E-state index in [0.717, 1.165) is 6.54 Å². The zero-order valence-electron chi connectivity index (χ0n) is 8.01. The summed E-state index contributed by atoms with van der Waals surface area (Å²) in [5.41, 5.74) is 0. The summed E-state index contributed by atoms with van der Waals surface area (Å²) in [6, 6.07) is 0. The second-order valence-corrected chi connectivity index (χ2v) is 3.17. The number of rotatable bonds is 6. The molecule has 0 aromatic carbocycles. The lowest BCUT2D eigenvalue weighted by atomic mass is 10.2. The van der Waals surface area contributed by atoms with Crippen molar-refractivity contribution in [3.05, 3.63) is 0 Å². The first-order valence-corrected chi connectivity index (χ1v) is 4.56. The summed E-state index contributed by atoms with van der Waals surface area (Å²) in [5, 5.41) is 9.10. The molecule has 1 unspecified atom stereocenters. The summed E-state index contributed by atoms with van der Waals surface area (Å²) < 4.78 is 0. The summed E-state index contributed by atoms with van der Waals surface area (Å²) in [4.78, 5) is 1.97. The molecular weight excluding hydrogens is 138 g/mol. The molecule has 0 radical (unpaired) electrons. The maximum atomic E-state index is 9.10. The van der Waals surface area contributed by atoms with Gasteiger partial charge in [-0.2, -0.15) is 0 Å². The van der Waals surface area contributed by atoms with Crippen molar-refractivity contribution >= 4 is 0 Å². The quantitative estimate of drug-likeness (QED) is 0.472. The third kappa shape index (κ3) is 6.32. The Morgan fingerprint density at radius 2 is 1.91 bits per heavy atom. The molecule has 2 heteroatoms. The summed E-state index contributed by atoms with van der Waals surface area (Å²) in [6.07, 6.45) is 4.78. The minimum absolute atomic E-state index is 0.295. The number of nitrogens with zero attached hydrogens (tertiary/aromatic N) is 1. The molecule has 1 N–H and O–H groups in total. The van der Waals surface area contributed by atoms with Gasteiger partial charge >= 0.3 is 0 Å². The van der Waals surface area contributed by atoms with Crippen LogP contribution in [-0.4, -0.2) is 29.8 Å². The van der Waals surface area contributed by atoms with Gasteiger partial charge in [-0.05, 0) is 20.4 Å². The van der Waals surface area contributed by atoms with Gasteiger partial charge in [0.05, 0.1) is 0 Å². The first kappa shape index (κ1) is 10.9. The molecule has 1 atom stereocenters. The van der Waals surface area contributed by atoms with Crippen LogP contribution in [0.4, 0.5) is 0 Å². The lowest BCUT2D eigenvalue weighted by molar-refractivity contribution is 0.0374. The van der Waals surface area contributed by atoms with Crippen LogP contribution in [0.3, 0.4) is 0 Å². The Bertz CT molecular complexity index is 83.6. The van der Waals surface area contributed by atoms with Crippen LogP contribution in [0.15, 0.2) is 0 Å². The van der Waals surface area contributed by atoms with Crippen LogP contribution in [0, 0.1) is 0 Å². The maximum absolute atomic E-state index is 9.10. The van der Waals surface area contributed by atoms with Crippen LogP contribution in [0.5, 0.6) is 0 Å². The third-order valence-electron chi connectivity index (χ3n) is 2.00. The predicted molar refractivity (Wildman–Crippen MR) is 48.5 cm³/mol. The number of hydrogen-bond donors (Lipinski definition) is 1. The molecule has 0 spiro atoms. The van der Waals surface area contributed by atoms with Crippen LogP contribution in [0.2, 0.25) is 0 Å². The summed E-state index contributed by atoms with van der Waals surface area (Å²) >= 11 is 0. The predicted octanol–water partition coefficient (Wildman–Crippen LogP) is 1.84. The van der Waals surface area contributed by atoms with E-state index in [1.54, 1.807) is 6.92 Å². The largest absolute Gasteiger partial charge is 0.379 e. The van der Waals surface area contributed by atoms with Crippen molar-refractivity contribution < 1.29 is 5.11 Å². The smallest absolute Gasteiger partial charge is 0.104 e. The molecule has 11 heavy (non-hydrogen) atoms. The molecule has 0 bridgehead atoms. The fourth-order valence-corrected chi connectivity index (χ4v) is 0.975. The molecule has 0 aromatic rings. The minimum Gasteiger partial charge on any atom is -0.379 e. The lowest BCUT2D eigenvalue weighted by Gasteiger charge is -2.19. The van der Waals surface area contributed by atoms with Crippen molar-refractivity contribution in [2.45, 2.75) is 45.8 Å². The van der Waals surface area contributed by atoms with Gasteiger partial charge < -0.3 is 5.11 Å². The molecule has 0 aliphatic heterocycles. The Hall–Kier alpha value is -0.0800. The van der Waals surface area contributed by atoms with E-state index in [0.29, 0.717) is 0 Å². The Labute approximate surface area is 70.2 Å². The molecule has 0 aliphatic rings. The molecule has 0 saturated carbocycles. The van der Waals surface area contributed by atoms with E-state index < -0.39 is 0 Å². The average Bonchev–Trinajstić information content (AvgIpc) is 1.97. The van der Waals surface area contributed by atoms with Crippen LogP contribution in [0.25, 0.3) is 0 Å². The third-order valence-corrected chi connectivity index (χ3v) is 2.00. The van der Waals surface area contributed by atoms with E-state index in [2.05, 4.69) is 6.92 Å². The van der Waals surface area contributed by atoms with E-state index in [1.165, 1.54) is 25.7 Å². The second-order valence-electron chi connectivity index (χ2n) is 3.17. The number of aliphatic hydroxyl groups excluding tert-OH is 1. The fourth-order valence-electron chi connectivity index (χ4n) is 0.975. The van der Waals surface area contributed by atoms with Crippen LogP contribution >= 0.6 is 0 Å². The maximum Gasteiger partial charge on any atom is 0.104 e. The topological polar surface area (TPSA) is 23.5 Å². The zero-order valence-corrected chi connectivity index (χ0v) is 8.01. The number of aliphatic hydroxyl groups is 1. The Balaban J connectivity index is 3.10. The van der Waals surface area contributed by atoms with Gasteiger partial charge in [0, 0.05) is 6.54 Å². The van der Waals surface area contributed by atoms with Gasteiger partial charge in [0.15, 0.2) is 0 Å². The van der Waals surface area contributed by atoms with Crippen molar-refractivity contribution in [2.24, 2.45) is 0 Å². The highest BCUT2D eigenvalue weighted by molar-refractivity contribution is 4.51. The highest BCUT2D eigenvalue weighted by Crippen LogP contribution is 2.01. The van der Waals surface area contributed by atoms with Gasteiger partial charge in [-0.25, -0.2) is 0 Å². The molecule has 0 rings (SSSR count). The second kappa shape index (κ2) is 6.62. The molecular formula is C9H21NO. The number of unbranched alkanes of at least 4 members (excludes halogenated alkanes) is 3.